The molecular weight excluding hydrogens is 248 g/mol. The molecule has 0 radical (unpaired) electrons. The Bertz CT molecular complexity index is 677. The largest absolute Gasteiger partial charge is 0.352 e. The summed E-state index contributed by atoms with van der Waals surface area (Å²) in [5.74, 6) is 0. The molecule has 0 atom stereocenters. The molecule has 2 aromatic heterocycles. The van der Waals surface area contributed by atoms with Crippen LogP contribution >= 0.6 is 11.6 Å². The van der Waals surface area contributed by atoms with Gasteiger partial charge < -0.3 is 5.32 Å². The Morgan fingerprint density at radius 3 is 2.72 bits per heavy atom. The topological polar surface area (TPSA) is 50.7 Å². The molecule has 88 valence electrons. The highest BCUT2D eigenvalue weighted by molar-refractivity contribution is 6.30. The van der Waals surface area contributed by atoms with Crippen molar-refractivity contribution in [2.24, 2.45) is 0 Å². The molecule has 0 aliphatic rings. The number of anilines is 2. The van der Waals surface area contributed by atoms with Crippen molar-refractivity contribution in [2.75, 3.05) is 5.32 Å². The van der Waals surface area contributed by atoms with Gasteiger partial charge in [-0.25, -0.2) is 0 Å². The molecule has 0 spiro atoms. The minimum absolute atomic E-state index is 0.705. The van der Waals surface area contributed by atoms with Gasteiger partial charge in [0.05, 0.1) is 11.9 Å². The summed E-state index contributed by atoms with van der Waals surface area (Å²) >= 11 is 5.85. The van der Waals surface area contributed by atoms with Gasteiger partial charge in [0.2, 0.25) is 0 Å². The van der Waals surface area contributed by atoms with Gasteiger partial charge in [0.15, 0.2) is 0 Å². The minimum atomic E-state index is 0.705. The van der Waals surface area contributed by atoms with E-state index < -0.39 is 0 Å². The smallest absolute Gasteiger partial charge is 0.116 e. The molecule has 2 heterocycles. The summed E-state index contributed by atoms with van der Waals surface area (Å²) in [6.45, 7) is 0. The maximum absolute atomic E-state index is 5.85. The van der Waals surface area contributed by atoms with Gasteiger partial charge in [0, 0.05) is 16.9 Å². The maximum atomic E-state index is 5.85. The van der Waals surface area contributed by atoms with Crippen molar-refractivity contribution < 1.29 is 0 Å². The summed E-state index contributed by atoms with van der Waals surface area (Å²) in [5.41, 5.74) is 3.31. The highest BCUT2D eigenvalue weighted by atomic mass is 35.5. The number of benzene rings is 1. The molecule has 3 aromatic rings. The van der Waals surface area contributed by atoms with E-state index in [4.69, 9.17) is 11.6 Å². The third kappa shape index (κ3) is 2.10. The molecule has 0 fully saturated rings. The van der Waals surface area contributed by atoms with Gasteiger partial charge in [0.25, 0.3) is 0 Å². The van der Waals surface area contributed by atoms with Gasteiger partial charge >= 0.3 is 0 Å². The molecule has 4 nitrogen and oxygen atoms in total. The normalized spacial score (nSPS) is 10.5. The third-order valence-electron chi connectivity index (χ3n) is 2.52. The van der Waals surface area contributed by atoms with Crippen molar-refractivity contribution in [3.05, 3.63) is 53.8 Å². The Labute approximate surface area is 109 Å². The van der Waals surface area contributed by atoms with Crippen LogP contribution in [0.3, 0.4) is 0 Å². The van der Waals surface area contributed by atoms with Gasteiger partial charge in [-0.3, -0.25) is 4.98 Å². The van der Waals surface area contributed by atoms with Gasteiger partial charge in [0.1, 0.15) is 11.0 Å². The fourth-order valence-electron chi connectivity index (χ4n) is 1.68. The standard InChI is InChI=1S/C13H9ClN4/c14-9-3-5-10(6-4-9)17-12-8-16-18-11-2-1-7-15-13(11)12/h1-8H,(H,17,18). The van der Waals surface area contributed by atoms with Crippen LogP contribution < -0.4 is 5.32 Å². The molecule has 1 aromatic carbocycles. The lowest BCUT2D eigenvalue weighted by Gasteiger charge is -2.07. The molecule has 5 heteroatoms. The van der Waals surface area contributed by atoms with Gasteiger partial charge in [-0.05, 0) is 36.4 Å². The lowest BCUT2D eigenvalue weighted by atomic mass is 10.3. The van der Waals surface area contributed by atoms with Crippen LogP contribution in [0.15, 0.2) is 48.8 Å². The van der Waals surface area contributed by atoms with Crippen LogP contribution in [0.5, 0.6) is 0 Å². The zero-order chi connectivity index (χ0) is 12.4. The Morgan fingerprint density at radius 2 is 1.89 bits per heavy atom. The van der Waals surface area contributed by atoms with Crippen LogP contribution in [-0.2, 0) is 0 Å². The fraction of sp³-hybridized carbons (Fsp3) is 0. The molecule has 0 aliphatic heterocycles. The number of fused-ring (bicyclic) bond motifs is 1. The maximum Gasteiger partial charge on any atom is 0.116 e. The first kappa shape index (κ1) is 10.9. The van der Waals surface area contributed by atoms with Crippen LogP contribution in [0.25, 0.3) is 11.0 Å². The number of nitrogens with one attached hydrogen (secondary N) is 1. The third-order valence-corrected chi connectivity index (χ3v) is 2.77. The molecule has 0 bridgehead atoms. The second kappa shape index (κ2) is 4.58. The monoisotopic (exact) mass is 256 g/mol. The zero-order valence-electron chi connectivity index (χ0n) is 9.34. The molecule has 3 rings (SSSR count). The number of pyridine rings is 1. The number of hydrogen-bond donors (Lipinski definition) is 1. The molecule has 0 amide bonds. The van der Waals surface area contributed by atoms with Gasteiger partial charge in [-0.2, -0.15) is 5.10 Å². The Kier molecular flexibility index (Phi) is 2.78. The first-order chi connectivity index (χ1) is 8.83. The summed E-state index contributed by atoms with van der Waals surface area (Å²) in [6.07, 6.45) is 3.39. The number of nitrogens with zero attached hydrogens (tertiary/aromatic N) is 3. The van der Waals surface area contributed by atoms with Crippen LogP contribution in [0.4, 0.5) is 11.4 Å². The number of hydrogen-bond acceptors (Lipinski definition) is 4. The second-order valence-corrected chi connectivity index (χ2v) is 4.20. The van der Waals surface area contributed by atoms with Crippen molar-refractivity contribution >= 4 is 34.0 Å². The van der Waals surface area contributed by atoms with Crippen LogP contribution in [0.1, 0.15) is 0 Å². The Hall–Kier alpha value is -2.20. The van der Waals surface area contributed by atoms with E-state index in [1.807, 2.05) is 36.4 Å². The fourth-order valence-corrected chi connectivity index (χ4v) is 1.80. The van der Waals surface area contributed by atoms with E-state index in [0.717, 1.165) is 22.4 Å². The quantitative estimate of drug-likeness (QED) is 0.763. The van der Waals surface area contributed by atoms with Crippen LogP contribution in [0.2, 0.25) is 5.02 Å². The van der Waals surface area contributed by atoms with Crippen molar-refractivity contribution in [1.29, 1.82) is 0 Å². The molecule has 1 N–H and O–H groups in total. The average Bonchev–Trinajstić information content (AvgIpc) is 2.42. The Balaban J connectivity index is 2.02. The lowest BCUT2D eigenvalue weighted by Crippen LogP contribution is -1.95. The van der Waals surface area contributed by atoms with Gasteiger partial charge in [-0.15, -0.1) is 5.10 Å². The number of aromatic nitrogens is 3. The van der Waals surface area contributed by atoms with Crippen molar-refractivity contribution in [3.63, 3.8) is 0 Å². The molecule has 0 saturated heterocycles. The highest BCUT2D eigenvalue weighted by Crippen LogP contribution is 2.22. The van der Waals surface area contributed by atoms with Crippen molar-refractivity contribution in [3.8, 4) is 0 Å². The summed E-state index contributed by atoms with van der Waals surface area (Å²) in [5, 5.41) is 11.9. The molecule has 0 saturated carbocycles. The molecular formula is C13H9ClN4. The van der Waals surface area contributed by atoms with Crippen molar-refractivity contribution in [1.82, 2.24) is 15.2 Å². The summed E-state index contributed by atoms with van der Waals surface area (Å²) < 4.78 is 0. The van der Waals surface area contributed by atoms with Crippen molar-refractivity contribution in [2.45, 2.75) is 0 Å². The highest BCUT2D eigenvalue weighted by Gasteiger charge is 2.03. The number of rotatable bonds is 2. The number of halogens is 1. The molecule has 0 unspecified atom stereocenters. The van der Waals surface area contributed by atoms with Crippen LogP contribution in [-0.4, -0.2) is 15.2 Å². The van der Waals surface area contributed by atoms with E-state index in [1.165, 1.54) is 0 Å². The van der Waals surface area contributed by atoms with E-state index in [9.17, 15) is 0 Å². The molecule has 0 aliphatic carbocycles. The van der Waals surface area contributed by atoms with E-state index in [1.54, 1.807) is 12.4 Å². The van der Waals surface area contributed by atoms with Gasteiger partial charge in [-0.1, -0.05) is 11.6 Å². The minimum Gasteiger partial charge on any atom is -0.352 e. The summed E-state index contributed by atoms with van der Waals surface area (Å²) in [4.78, 5) is 4.30. The van der Waals surface area contributed by atoms with E-state index in [0.29, 0.717) is 5.02 Å². The van der Waals surface area contributed by atoms with E-state index in [2.05, 4.69) is 20.5 Å². The predicted octanol–water partition coefficient (Wildman–Crippen LogP) is 3.42. The van der Waals surface area contributed by atoms with E-state index >= 15 is 0 Å². The summed E-state index contributed by atoms with van der Waals surface area (Å²) in [6, 6.07) is 11.2. The first-order valence-electron chi connectivity index (χ1n) is 5.42. The lowest BCUT2D eigenvalue weighted by molar-refractivity contribution is 1.07. The van der Waals surface area contributed by atoms with Crippen LogP contribution in [0, 0.1) is 0 Å². The zero-order valence-corrected chi connectivity index (χ0v) is 10.1. The van der Waals surface area contributed by atoms with E-state index in [-0.39, 0.29) is 0 Å². The summed E-state index contributed by atoms with van der Waals surface area (Å²) in [7, 11) is 0. The second-order valence-electron chi connectivity index (χ2n) is 3.76. The first-order valence-corrected chi connectivity index (χ1v) is 5.80. The molecule has 18 heavy (non-hydrogen) atoms. The predicted molar refractivity (Wildman–Crippen MR) is 72.1 cm³/mol. The SMILES string of the molecule is Clc1ccc(Nc2cnnc3cccnc23)cc1. The Morgan fingerprint density at radius 1 is 1.06 bits per heavy atom. The average molecular weight is 257 g/mol.